The molecule has 60 valence electrons. The summed E-state index contributed by atoms with van der Waals surface area (Å²) in [5.41, 5.74) is 6.42. The van der Waals surface area contributed by atoms with Gasteiger partial charge in [-0.2, -0.15) is 0 Å². The van der Waals surface area contributed by atoms with Crippen LogP contribution in [0.5, 0.6) is 0 Å². The highest BCUT2D eigenvalue weighted by Crippen LogP contribution is 2.37. The Kier molecular flexibility index (Phi) is 2.35. The van der Waals surface area contributed by atoms with Crippen LogP contribution < -0.4 is 5.73 Å². The zero-order chi connectivity index (χ0) is 7.61. The third-order valence-corrected chi connectivity index (χ3v) is 3.16. The average molecular weight is 141 g/mol. The molecule has 1 saturated carbocycles. The molecule has 0 aromatic heterocycles. The highest BCUT2D eigenvalue weighted by molar-refractivity contribution is 4.94. The first-order chi connectivity index (χ1) is 4.73. The van der Waals surface area contributed by atoms with E-state index in [1.54, 1.807) is 0 Å². The lowest BCUT2D eigenvalue weighted by atomic mass is 9.84. The molecule has 1 heteroatoms. The third-order valence-electron chi connectivity index (χ3n) is 3.16. The number of hydrogen-bond acceptors (Lipinski definition) is 1. The standard InChI is InChI=1S/C9H19N/c1-3-8-6-5-7-9(8,10)4-2/h8H,3-7,10H2,1-2H3. The second kappa shape index (κ2) is 2.91. The van der Waals surface area contributed by atoms with Gasteiger partial charge in [0.15, 0.2) is 0 Å². The van der Waals surface area contributed by atoms with Crippen molar-refractivity contribution >= 4 is 0 Å². The molecule has 1 rings (SSSR count). The van der Waals surface area contributed by atoms with Gasteiger partial charge in [-0.25, -0.2) is 0 Å². The van der Waals surface area contributed by atoms with E-state index in [9.17, 15) is 0 Å². The van der Waals surface area contributed by atoms with Crippen LogP contribution in [-0.4, -0.2) is 5.54 Å². The van der Waals surface area contributed by atoms with Crippen molar-refractivity contribution in [2.45, 2.75) is 51.5 Å². The predicted octanol–water partition coefficient (Wildman–Crippen LogP) is 2.30. The molecule has 0 aromatic carbocycles. The summed E-state index contributed by atoms with van der Waals surface area (Å²) >= 11 is 0. The van der Waals surface area contributed by atoms with Crippen molar-refractivity contribution in [3.63, 3.8) is 0 Å². The van der Waals surface area contributed by atoms with Gasteiger partial charge in [0.05, 0.1) is 0 Å². The van der Waals surface area contributed by atoms with E-state index in [0.717, 1.165) is 12.3 Å². The summed E-state index contributed by atoms with van der Waals surface area (Å²) in [7, 11) is 0. The van der Waals surface area contributed by atoms with Crippen molar-refractivity contribution < 1.29 is 0 Å². The molecule has 0 amide bonds. The summed E-state index contributed by atoms with van der Waals surface area (Å²) in [4.78, 5) is 0. The Morgan fingerprint density at radius 2 is 2.20 bits per heavy atom. The molecule has 0 spiro atoms. The van der Waals surface area contributed by atoms with Crippen LogP contribution >= 0.6 is 0 Å². The van der Waals surface area contributed by atoms with Crippen LogP contribution in [0.3, 0.4) is 0 Å². The molecule has 2 unspecified atom stereocenters. The summed E-state index contributed by atoms with van der Waals surface area (Å²) in [6.45, 7) is 4.47. The molecule has 1 fully saturated rings. The van der Waals surface area contributed by atoms with Crippen molar-refractivity contribution in [3.8, 4) is 0 Å². The second-order valence-electron chi connectivity index (χ2n) is 3.58. The molecule has 2 atom stereocenters. The lowest BCUT2D eigenvalue weighted by Crippen LogP contribution is -2.42. The Morgan fingerprint density at radius 3 is 2.60 bits per heavy atom. The van der Waals surface area contributed by atoms with Gasteiger partial charge in [0.25, 0.3) is 0 Å². The van der Waals surface area contributed by atoms with Crippen molar-refractivity contribution in [2.24, 2.45) is 11.7 Å². The molecule has 0 aromatic rings. The quantitative estimate of drug-likeness (QED) is 0.627. The molecule has 0 heterocycles. The molecule has 1 aliphatic rings. The molecular weight excluding hydrogens is 122 g/mol. The van der Waals surface area contributed by atoms with Gasteiger partial charge in [-0.15, -0.1) is 0 Å². The Labute approximate surface area is 64.0 Å². The van der Waals surface area contributed by atoms with Crippen LogP contribution in [0, 0.1) is 5.92 Å². The van der Waals surface area contributed by atoms with E-state index in [0.29, 0.717) is 0 Å². The fourth-order valence-electron chi connectivity index (χ4n) is 2.25. The summed E-state index contributed by atoms with van der Waals surface area (Å²) < 4.78 is 0. The fourth-order valence-corrected chi connectivity index (χ4v) is 2.25. The maximum Gasteiger partial charge on any atom is 0.0180 e. The molecular formula is C9H19N. The van der Waals surface area contributed by atoms with Crippen molar-refractivity contribution in [3.05, 3.63) is 0 Å². The van der Waals surface area contributed by atoms with Crippen molar-refractivity contribution in [1.29, 1.82) is 0 Å². The van der Waals surface area contributed by atoms with Crippen molar-refractivity contribution in [1.82, 2.24) is 0 Å². The molecule has 10 heavy (non-hydrogen) atoms. The highest BCUT2D eigenvalue weighted by Gasteiger charge is 2.36. The van der Waals surface area contributed by atoms with Gasteiger partial charge >= 0.3 is 0 Å². The van der Waals surface area contributed by atoms with Gasteiger partial charge in [0.1, 0.15) is 0 Å². The first-order valence-electron chi connectivity index (χ1n) is 4.52. The molecule has 1 nitrogen and oxygen atoms in total. The van der Waals surface area contributed by atoms with Crippen LogP contribution in [0.4, 0.5) is 0 Å². The number of nitrogens with two attached hydrogens (primary N) is 1. The topological polar surface area (TPSA) is 26.0 Å². The summed E-state index contributed by atoms with van der Waals surface area (Å²) in [5.74, 6) is 0.803. The molecule has 0 bridgehead atoms. The molecule has 0 aliphatic heterocycles. The van der Waals surface area contributed by atoms with Gasteiger partial charge in [-0.1, -0.05) is 26.7 Å². The Bertz CT molecular complexity index is 111. The van der Waals surface area contributed by atoms with Gasteiger partial charge in [-0.3, -0.25) is 0 Å². The van der Waals surface area contributed by atoms with Crippen LogP contribution in [0.25, 0.3) is 0 Å². The van der Waals surface area contributed by atoms with E-state index in [1.165, 1.54) is 25.7 Å². The zero-order valence-electron chi connectivity index (χ0n) is 7.19. The minimum atomic E-state index is 0.203. The van der Waals surface area contributed by atoms with Crippen LogP contribution in [-0.2, 0) is 0 Å². The Hall–Kier alpha value is -0.0400. The van der Waals surface area contributed by atoms with Crippen LogP contribution in [0.2, 0.25) is 0 Å². The van der Waals surface area contributed by atoms with E-state index >= 15 is 0 Å². The van der Waals surface area contributed by atoms with E-state index in [-0.39, 0.29) is 5.54 Å². The first-order valence-corrected chi connectivity index (χ1v) is 4.52. The van der Waals surface area contributed by atoms with Crippen LogP contribution in [0.1, 0.15) is 46.0 Å². The van der Waals surface area contributed by atoms with Crippen LogP contribution in [0.15, 0.2) is 0 Å². The maximum atomic E-state index is 6.21. The highest BCUT2D eigenvalue weighted by atomic mass is 14.8. The molecule has 0 radical (unpaired) electrons. The summed E-state index contributed by atoms with van der Waals surface area (Å²) in [5, 5.41) is 0. The number of hydrogen-bond donors (Lipinski definition) is 1. The van der Waals surface area contributed by atoms with E-state index in [2.05, 4.69) is 13.8 Å². The summed E-state index contributed by atoms with van der Waals surface area (Å²) in [6, 6.07) is 0. The average Bonchev–Trinajstić information content (AvgIpc) is 2.32. The summed E-state index contributed by atoms with van der Waals surface area (Å²) in [6.07, 6.45) is 6.39. The van der Waals surface area contributed by atoms with E-state index < -0.39 is 0 Å². The SMILES string of the molecule is CCC1CCCC1(N)CC. The Balaban J connectivity index is 2.56. The maximum absolute atomic E-state index is 6.21. The Morgan fingerprint density at radius 1 is 1.50 bits per heavy atom. The first kappa shape index (κ1) is 8.06. The number of rotatable bonds is 2. The van der Waals surface area contributed by atoms with Gasteiger partial charge in [0, 0.05) is 5.54 Å². The second-order valence-corrected chi connectivity index (χ2v) is 3.58. The van der Waals surface area contributed by atoms with Gasteiger partial charge < -0.3 is 5.73 Å². The normalized spacial score (nSPS) is 40.5. The molecule has 1 aliphatic carbocycles. The minimum Gasteiger partial charge on any atom is -0.325 e. The third kappa shape index (κ3) is 1.20. The monoisotopic (exact) mass is 141 g/mol. The predicted molar refractivity (Wildman–Crippen MR) is 44.8 cm³/mol. The van der Waals surface area contributed by atoms with Gasteiger partial charge in [0.2, 0.25) is 0 Å². The molecule has 2 N–H and O–H groups in total. The largest absolute Gasteiger partial charge is 0.325 e. The lowest BCUT2D eigenvalue weighted by Gasteiger charge is -2.29. The smallest absolute Gasteiger partial charge is 0.0180 e. The van der Waals surface area contributed by atoms with Gasteiger partial charge in [-0.05, 0) is 25.2 Å². The fraction of sp³-hybridized carbons (Fsp3) is 1.00. The van der Waals surface area contributed by atoms with Crippen molar-refractivity contribution in [2.75, 3.05) is 0 Å². The minimum absolute atomic E-state index is 0.203. The van der Waals surface area contributed by atoms with E-state index in [4.69, 9.17) is 5.73 Å². The van der Waals surface area contributed by atoms with E-state index in [1.807, 2.05) is 0 Å². The zero-order valence-corrected chi connectivity index (χ0v) is 7.19. The lowest BCUT2D eigenvalue weighted by molar-refractivity contribution is 0.298. The molecule has 0 saturated heterocycles.